The number of rotatable bonds is 4. The summed E-state index contributed by atoms with van der Waals surface area (Å²) in [5, 5.41) is 78.5. The third kappa shape index (κ3) is 4.33. The van der Waals surface area contributed by atoms with Gasteiger partial charge in [-0.05, 0) is 18.2 Å². The van der Waals surface area contributed by atoms with Crippen LogP contribution in [0.5, 0.6) is 28.7 Å². The fourth-order valence-electron chi connectivity index (χ4n) is 3.46. The fourth-order valence-corrected chi connectivity index (χ4v) is 3.46. The lowest BCUT2D eigenvalue weighted by Crippen LogP contribution is -2.60. The average Bonchev–Trinajstić information content (AvgIpc) is 2.78. The molecule has 4 rings (SSSR count). The molecule has 2 heterocycles. The second-order valence-electron chi connectivity index (χ2n) is 7.48. The van der Waals surface area contributed by atoms with Gasteiger partial charge in [0.2, 0.25) is 23.8 Å². The van der Waals surface area contributed by atoms with Crippen molar-refractivity contribution in [2.24, 2.45) is 0 Å². The van der Waals surface area contributed by atoms with E-state index in [2.05, 4.69) is 4.74 Å². The Labute approximate surface area is 193 Å². The van der Waals surface area contributed by atoms with Gasteiger partial charge in [-0.25, -0.2) is 4.79 Å². The van der Waals surface area contributed by atoms with Crippen LogP contribution in [0, 0.1) is 0 Å². The molecule has 5 unspecified atom stereocenters. The molecule has 35 heavy (non-hydrogen) atoms. The summed E-state index contributed by atoms with van der Waals surface area (Å²) in [6.45, 7) is 0. The van der Waals surface area contributed by atoms with E-state index < -0.39 is 82.4 Å². The number of carboxylic acid groups (broad SMARTS) is 1. The molecule has 1 aliphatic rings. The maximum absolute atomic E-state index is 12.6. The number of aromatic hydroxyl groups is 4. The van der Waals surface area contributed by atoms with Gasteiger partial charge in [-0.15, -0.1) is 0 Å². The van der Waals surface area contributed by atoms with Crippen molar-refractivity contribution in [1.82, 2.24) is 0 Å². The lowest BCUT2D eigenvalue weighted by molar-refractivity contribution is -0.321. The van der Waals surface area contributed by atoms with E-state index in [-0.39, 0.29) is 11.1 Å². The highest BCUT2D eigenvalue weighted by Gasteiger charge is 2.47. The first-order valence-corrected chi connectivity index (χ1v) is 9.79. The van der Waals surface area contributed by atoms with Crippen LogP contribution in [0.2, 0.25) is 0 Å². The van der Waals surface area contributed by atoms with Gasteiger partial charge in [0.05, 0.1) is 0 Å². The summed E-state index contributed by atoms with van der Waals surface area (Å²) >= 11 is 0. The van der Waals surface area contributed by atoms with Crippen molar-refractivity contribution in [3.8, 4) is 40.1 Å². The van der Waals surface area contributed by atoms with Gasteiger partial charge in [0.15, 0.2) is 17.3 Å². The van der Waals surface area contributed by atoms with Crippen LogP contribution in [0.25, 0.3) is 22.3 Å². The predicted octanol–water partition coefficient (Wildman–Crippen LogP) is 0.121. The van der Waals surface area contributed by atoms with E-state index in [1.54, 1.807) is 0 Å². The number of phenols is 3. The van der Waals surface area contributed by atoms with Crippen LogP contribution in [-0.2, 0) is 9.47 Å². The van der Waals surface area contributed by atoms with Crippen LogP contribution >= 0.6 is 0 Å². The van der Waals surface area contributed by atoms with Gasteiger partial charge in [0.1, 0.15) is 40.8 Å². The van der Waals surface area contributed by atoms with Gasteiger partial charge >= 0.3 is 6.16 Å². The molecule has 1 aliphatic heterocycles. The van der Waals surface area contributed by atoms with Crippen LogP contribution in [0.3, 0.4) is 0 Å². The van der Waals surface area contributed by atoms with Crippen molar-refractivity contribution >= 4 is 17.1 Å². The SMILES string of the molecule is O=C(O)OC1OC(Oc2cc(-c3oc4cc(O)cc(O)c4c(=O)c3O)ccc2O)C(O)C(O)C1O. The van der Waals surface area contributed by atoms with Crippen molar-refractivity contribution in [2.75, 3.05) is 0 Å². The van der Waals surface area contributed by atoms with E-state index in [4.69, 9.17) is 19.0 Å². The van der Waals surface area contributed by atoms with Crippen LogP contribution in [-0.4, -0.2) is 77.9 Å². The van der Waals surface area contributed by atoms with Crippen molar-refractivity contribution in [3.05, 3.63) is 40.6 Å². The summed E-state index contributed by atoms with van der Waals surface area (Å²) in [5.41, 5.74) is -1.35. The molecule has 0 bridgehead atoms. The highest BCUT2D eigenvalue weighted by molar-refractivity contribution is 5.88. The number of aliphatic hydroxyl groups excluding tert-OH is 3. The van der Waals surface area contributed by atoms with E-state index in [9.17, 15) is 45.3 Å². The molecule has 1 fully saturated rings. The minimum atomic E-state index is -1.95. The Kier molecular flexibility index (Phi) is 6.04. The Morgan fingerprint density at radius 3 is 2.26 bits per heavy atom. The second-order valence-corrected chi connectivity index (χ2v) is 7.48. The van der Waals surface area contributed by atoms with Crippen molar-refractivity contribution in [1.29, 1.82) is 0 Å². The zero-order valence-corrected chi connectivity index (χ0v) is 17.3. The molecule has 0 spiro atoms. The molecule has 3 aromatic rings. The van der Waals surface area contributed by atoms with E-state index >= 15 is 0 Å². The number of hydrogen-bond acceptors (Lipinski definition) is 13. The summed E-state index contributed by atoms with van der Waals surface area (Å²) in [6.07, 6.45) is -11.4. The van der Waals surface area contributed by atoms with Crippen LogP contribution in [0.1, 0.15) is 0 Å². The van der Waals surface area contributed by atoms with Crippen molar-refractivity contribution < 1.29 is 64.3 Å². The molecule has 14 heteroatoms. The van der Waals surface area contributed by atoms with E-state index in [1.165, 1.54) is 6.07 Å². The highest BCUT2D eigenvalue weighted by Crippen LogP contribution is 2.39. The quantitative estimate of drug-likeness (QED) is 0.225. The summed E-state index contributed by atoms with van der Waals surface area (Å²) < 4.78 is 20.2. The second kappa shape index (κ2) is 8.84. The van der Waals surface area contributed by atoms with Crippen molar-refractivity contribution in [3.63, 3.8) is 0 Å². The van der Waals surface area contributed by atoms with Gasteiger partial charge in [-0.3, -0.25) is 9.53 Å². The highest BCUT2D eigenvalue weighted by atomic mass is 16.8. The Bertz CT molecular complexity index is 1350. The molecular weight excluding hydrogens is 476 g/mol. The minimum absolute atomic E-state index is 0.0543. The van der Waals surface area contributed by atoms with E-state index in [1.807, 2.05) is 0 Å². The maximum atomic E-state index is 12.6. The maximum Gasteiger partial charge on any atom is 0.508 e. The summed E-state index contributed by atoms with van der Waals surface area (Å²) in [5.74, 6) is -3.40. The number of hydrogen-bond donors (Lipinski definition) is 8. The number of aliphatic hydroxyl groups is 3. The number of benzene rings is 2. The standard InChI is InChI=1S/C21H18O14/c22-7-4-9(24)12-11(5-7)32-18(15(27)13(12)25)6-1-2-8(23)10(3-6)33-19-16(28)14(26)17(29)20(34-19)35-21(30)31/h1-5,14,16-17,19-20,22-24,26-29H,(H,30,31). The topological polar surface area (TPSA) is 237 Å². The first-order valence-electron chi connectivity index (χ1n) is 9.79. The molecule has 1 aromatic heterocycles. The monoisotopic (exact) mass is 494 g/mol. The number of carbonyl (C=O) groups is 1. The molecule has 0 amide bonds. The predicted molar refractivity (Wildman–Crippen MR) is 111 cm³/mol. The van der Waals surface area contributed by atoms with Crippen molar-refractivity contribution in [2.45, 2.75) is 30.9 Å². The molecule has 1 saturated heterocycles. The molecular formula is C21H18O14. The molecule has 2 aromatic carbocycles. The van der Waals surface area contributed by atoms with Crippen LogP contribution < -0.4 is 10.2 Å². The van der Waals surface area contributed by atoms with Gasteiger partial charge in [0.25, 0.3) is 0 Å². The molecule has 186 valence electrons. The Hall–Kier alpha value is -4.24. The molecule has 0 radical (unpaired) electrons. The van der Waals surface area contributed by atoms with Gasteiger partial charge in [-0.1, -0.05) is 0 Å². The Morgan fingerprint density at radius 2 is 1.57 bits per heavy atom. The molecule has 0 saturated carbocycles. The number of fused-ring (bicyclic) bond motifs is 1. The minimum Gasteiger partial charge on any atom is -0.508 e. The molecule has 14 nitrogen and oxygen atoms in total. The van der Waals surface area contributed by atoms with Crippen LogP contribution in [0.4, 0.5) is 4.79 Å². The molecule has 0 aliphatic carbocycles. The first-order chi connectivity index (χ1) is 16.5. The molecule has 5 atom stereocenters. The zero-order chi connectivity index (χ0) is 25.6. The summed E-state index contributed by atoms with van der Waals surface area (Å²) in [7, 11) is 0. The summed E-state index contributed by atoms with van der Waals surface area (Å²) in [6, 6.07) is 5.22. The number of phenolic OH excluding ortho intramolecular Hbond substituents is 3. The van der Waals surface area contributed by atoms with Crippen LogP contribution in [0.15, 0.2) is 39.5 Å². The first kappa shape index (κ1) is 23.9. The van der Waals surface area contributed by atoms with Gasteiger partial charge < -0.3 is 54.7 Å². The molecule has 8 N–H and O–H groups in total. The van der Waals surface area contributed by atoms with Gasteiger partial charge in [-0.2, -0.15) is 0 Å². The van der Waals surface area contributed by atoms with E-state index in [0.29, 0.717) is 0 Å². The normalized spacial score (nSPS) is 24.3. The average molecular weight is 494 g/mol. The fraction of sp³-hybridized carbons (Fsp3) is 0.238. The van der Waals surface area contributed by atoms with Gasteiger partial charge in [0, 0.05) is 17.7 Å². The third-order valence-corrected chi connectivity index (χ3v) is 5.14. The lowest BCUT2D eigenvalue weighted by atomic mass is 10.0. The third-order valence-electron chi connectivity index (χ3n) is 5.14. The van der Waals surface area contributed by atoms with E-state index in [0.717, 1.165) is 24.3 Å². The summed E-state index contributed by atoms with van der Waals surface area (Å²) in [4.78, 5) is 23.3. The number of ether oxygens (including phenoxy) is 3. The lowest BCUT2D eigenvalue weighted by Gasteiger charge is -2.38. The Balaban J connectivity index is 1.72. The smallest absolute Gasteiger partial charge is 0.508 e. The Morgan fingerprint density at radius 1 is 0.886 bits per heavy atom. The largest absolute Gasteiger partial charge is 0.508 e. The zero-order valence-electron chi connectivity index (χ0n) is 17.3.